The van der Waals surface area contributed by atoms with Gasteiger partial charge in [0, 0.05) is 14.2 Å². The van der Waals surface area contributed by atoms with E-state index in [9.17, 15) is 16.8 Å². The number of hydrogen-bond acceptors (Lipinski definition) is 5. The average molecular weight is 273 g/mol. The molecule has 0 amide bonds. The summed E-state index contributed by atoms with van der Waals surface area (Å²) >= 11 is 0. The van der Waals surface area contributed by atoms with E-state index in [1.54, 1.807) is 0 Å². The van der Waals surface area contributed by atoms with Crippen LogP contribution in [0.5, 0.6) is 0 Å². The number of nitrogens with zero attached hydrogens (tertiary/aromatic N) is 3. The molecule has 1 rings (SSSR count). The molecule has 12 heteroatoms. The van der Waals surface area contributed by atoms with E-state index >= 15 is 0 Å². The summed E-state index contributed by atoms with van der Waals surface area (Å²) in [5.74, 6) is 0. The molecular weight excluding hydrogens is 267 g/mol. The first kappa shape index (κ1) is 12.4. The van der Waals surface area contributed by atoms with Crippen LogP contribution in [-0.2, 0) is 9.05 Å². The number of hydrogen-bond donors (Lipinski definition) is 0. The second kappa shape index (κ2) is 3.72. The molecular formula is C2H6F4N3O2P3. The molecule has 0 aromatic rings. The van der Waals surface area contributed by atoms with Gasteiger partial charge in [-0.25, -0.2) is 0 Å². The second-order valence-electron chi connectivity index (χ2n) is 2.04. The fourth-order valence-electron chi connectivity index (χ4n) is 0.601. The van der Waals surface area contributed by atoms with Crippen molar-refractivity contribution in [3.8, 4) is 0 Å². The van der Waals surface area contributed by atoms with E-state index in [0.717, 1.165) is 14.2 Å². The molecule has 0 aliphatic carbocycles. The molecule has 2 unspecified atom stereocenters. The molecule has 0 N–H and O–H groups in total. The standard InChI is InChI=1S/C2H6F4N3O2P3/c1-10-13(5)7-12(3,4)8-14(6,9-13)11-2/h1-2H3. The third-order valence-electron chi connectivity index (χ3n) is 1.12. The predicted molar refractivity (Wildman–Crippen MR) is 46.5 cm³/mol. The van der Waals surface area contributed by atoms with Crippen molar-refractivity contribution in [1.82, 2.24) is 0 Å². The molecule has 1 heterocycles. The Bertz CT molecular complexity index is 391. The second-order valence-corrected chi connectivity index (χ2v) is 7.72. The monoisotopic (exact) mass is 273 g/mol. The summed E-state index contributed by atoms with van der Waals surface area (Å²) in [6, 6.07) is 0. The van der Waals surface area contributed by atoms with Crippen LogP contribution in [0.2, 0.25) is 0 Å². The highest BCUT2D eigenvalue weighted by Gasteiger charge is 2.39. The van der Waals surface area contributed by atoms with E-state index in [0.29, 0.717) is 0 Å². The van der Waals surface area contributed by atoms with E-state index in [2.05, 4.69) is 22.6 Å². The van der Waals surface area contributed by atoms with Crippen LogP contribution < -0.4 is 0 Å². The topological polar surface area (TPSA) is 55.5 Å². The van der Waals surface area contributed by atoms with Crippen LogP contribution in [0, 0.1) is 0 Å². The Morgan fingerprint density at radius 3 is 1.64 bits per heavy atom. The Balaban J connectivity index is 3.44. The third-order valence-corrected chi connectivity index (χ3v) is 7.30. The SMILES string of the molecule is COP1(F)=NP(F)(F)=NP(F)(OC)=N1. The van der Waals surface area contributed by atoms with Gasteiger partial charge in [0.25, 0.3) is 0 Å². The summed E-state index contributed by atoms with van der Waals surface area (Å²) in [5.41, 5.74) is 0. The molecule has 84 valence electrons. The lowest BCUT2D eigenvalue weighted by Crippen LogP contribution is -1.82. The van der Waals surface area contributed by atoms with Gasteiger partial charge in [-0.1, -0.05) is 0 Å². The lowest BCUT2D eigenvalue weighted by molar-refractivity contribution is 0.406. The van der Waals surface area contributed by atoms with Crippen molar-refractivity contribution in [1.29, 1.82) is 0 Å². The van der Waals surface area contributed by atoms with Crippen molar-refractivity contribution >= 4 is 23.3 Å². The van der Waals surface area contributed by atoms with Crippen molar-refractivity contribution in [2.45, 2.75) is 0 Å². The number of halogens is 4. The quantitative estimate of drug-likeness (QED) is 0.524. The maximum Gasteiger partial charge on any atom is 0.425 e. The molecule has 0 saturated carbocycles. The summed E-state index contributed by atoms with van der Waals surface area (Å²) in [5, 5.41) is 0. The summed E-state index contributed by atoms with van der Waals surface area (Å²) in [4.78, 5) is 0. The highest BCUT2D eigenvalue weighted by atomic mass is 31.3. The van der Waals surface area contributed by atoms with Crippen molar-refractivity contribution in [3.63, 3.8) is 0 Å². The Labute approximate surface area is 77.8 Å². The van der Waals surface area contributed by atoms with Gasteiger partial charge in [0.1, 0.15) is 0 Å². The predicted octanol–water partition coefficient (Wildman–Crippen LogP) is 5.01. The molecule has 2 atom stereocenters. The average Bonchev–Trinajstić information content (AvgIpc) is 2.00. The summed E-state index contributed by atoms with van der Waals surface area (Å²) in [6.07, 6.45) is 0. The molecule has 0 aromatic carbocycles. The fraction of sp³-hybridized carbons (Fsp3) is 1.00. The Morgan fingerprint density at radius 1 is 0.786 bits per heavy atom. The van der Waals surface area contributed by atoms with Gasteiger partial charge in [-0.2, -0.15) is 8.39 Å². The van der Waals surface area contributed by atoms with E-state index in [4.69, 9.17) is 0 Å². The first-order chi connectivity index (χ1) is 6.24. The van der Waals surface area contributed by atoms with Crippen LogP contribution in [0.1, 0.15) is 0 Å². The fourth-order valence-corrected chi connectivity index (χ4v) is 6.38. The normalized spacial score (nSPS) is 40.7. The van der Waals surface area contributed by atoms with Crippen LogP contribution in [0.25, 0.3) is 0 Å². The van der Waals surface area contributed by atoms with Crippen molar-refractivity contribution in [2.24, 2.45) is 13.5 Å². The van der Waals surface area contributed by atoms with Crippen molar-refractivity contribution in [2.75, 3.05) is 14.2 Å². The zero-order valence-corrected chi connectivity index (χ0v) is 9.69. The zero-order chi connectivity index (χ0) is 11.0. The van der Waals surface area contributed by atoms with Crippen LogP contribution in [-0.4, -0.2) is 14.2 Å². The third kappa shape index (κ3) is 2.67. The first-order valence-corrected chi connectivity index (χ1v) is 7.54. The Morgan fingerprint density at radius 2 is 1.21 bits per heavy atom. The van der Waals surface area contributed by atoms with Crippen molar-refractivity contribution in [3.05, 3.63) is 0 Å². The minimum absolute atomic E-state index is 0.784. The van der Waals surface area contributed by atoms with Crippen LogP contribution in [0.3, 0.4) is 0 Å². The maximum absolute atomic E-state index is 13.2. The minimum Gasteiger partial charge on any atom is -0.306 e. The molecule has 0 radical (unpaired) electrons. The van der Waals surface area contributed by atoms with E-state index < -0.39 is 23.3 Å². The lowest BCUT2D eigenvalue weighted by atomic mass is 11.8. The van der Waals surface area contributed by atoms with E-state index in [1.165, 1.54) is 0 Å². The molecule has 1 aliphatic heterocycles. The molecule has 1 aliphatic rings. The smallest absolute Gasteiger partial charge is 0.306 e. The van der Waals surface area contributed by atoms with Gasteiger partial charge in [-0.3, -0.25) is 0 Å². The molecule has 0 spiro atoms. The van der Waals surface area contributed by atoms with Gasteiger partial charge >= 0.3 is 23.3 Å². The first-order valence-electron chi connectivity index (χ1n) is 3.06. The van der Waals surface area contributed by atoms with Gasteiger partial charge in [-0.15, -0.1) is 21.9 Å². The summed E-state index contributed by atoms with van der Waals surface area (Å²) in [6.45, 7) is 0. The van der Waals surface area contributed by atoms with Crippen LogP contribution >= 0.6 is 23.3 Å². The van der Waals surface area contributed by atoms with Gasteiger partial charge in [0.2, 0.25) is 0 Å². The summed E-state index contributed by atoms with van der Waals surface area (Å²) < 4.78 is 67.4. The highest BCUT2D eigenvalue weighted by Crippen LogP contribution is 2.81. The molecule has 5 nitrogen and oxygen atoms in total. The molecule has 0 saturated heterocycles. The maximum atomic E-state index is 13.2. The molecule has 0 fully saturated rings. The Kier molecular flexibility index (Phi) is 3.30. The Hall–Kier alpha value is 0.330. The molecule has 14 heavy (non-hydrogen) atoms. The van der Waals surface area contributed by atoms with Gasteiger partial charge in [0.15, 0.2) is 0 Å². The molecule has 0 bridgehead atoms. The van der Waals surface area contributed by atoms with Crippen LogP contribution in [0.15, 0.2) is 13.5 Å². The lowest BCUT2D eigenvalue weighted by Gasteiger charge is -2.17. The van der Waals surface area contributed by atoms with E-state index in [1.807, 2.05) is 0 Å². The van der Waals surface area contributed by atoms with Gasteiger partial charge in [0.05, 0.1) is 0 Å². The van der Waals surface area contributed by atoms with Gasteiger partial charge < -0.3 is 9.05 Å². The zero-order valence-electron chi connectivity index (χ0n) is 7.01. The van der Waals surface area contributed by atoms with E-state index in [-0.39, 0.29) is 0 Å². The molecule has 0 aromatic heterocycles. The van der Waals surface area contributed by atoms with Crippen molar-refractivity contribution < 1.29 is 25.8 Å². The largest absolute Gasteiger partial charge is 0.425 e. The van der Waals surface area contributed by atoms with Crippen LogP contribution in [0.4, 0.5) is 16.8 Å². The van der Waals surface area contributed by atoms with Gasteiger partial charge in [-0.05, 0) is 0 Å². The minimum atomic E-state index is -5.36. The highest BCUT2D eigenvalue weighted by molar-refractivity contribution is 7.77. The summed E-state index contributed by atoms with van der Waals surface area (Å²) in [7, 11) is -13.0. The number of rotatable bonds is 2.